The van der Waals surface area contributed by atoms with Gasteiger partial charge in [-0.3, -0.25) is 0 Å². The maximum atomic E-state index is 13.9. The zero-order valence-electron chi connectivity index (χ0n) is 73.2. The Bertz CT molecular complexity index is 7120. The number of rotatable bonds is 16. The third-order valence-corrected chi connectivity index (χ3v) is 26.8. The summed E-state index contributed by atoms with van der Waals surface area (Å²) in [7, 11) is 12.7. The van der Waals surface area contributed by atoms with Crippen LogP contribution in [0, 0.1) is 0 Å². The number of hydrogen-bond acceptors (Lipinski definition) is 16. The molecule has 648 valence electrons. The second-order valence-electron chi connectivity index (χ2n) is 33.4. The van der Waals surface area contributed by atoms with E-state index in [2.05, 4.69) is 0 Å². The molecule has 8 N–H and O–H groups in total. The Morgan fingerprint density at radius 2 is 0.311 bits per heavy atom. The summed E-state index contributed by atoms with van der Waals surface area (Å²) in [5, 5.41) is 124. The number of methoxy groups -OCH3 is 8. The molecule has 0 aliphatic heterocycles. The van der Waals surface area contributed by atoms with Gasteiger partial charge in [0.15, 0.2) is 0 Å². The van der Waals surface area contributed by atoms with E-state index < -0.39 is 69.7 Å². The van der Waals surface area contributed by atoms with Gasteiger partial charge >= 0.3 is 0 Å². The quantitative estimate of drug-likeness (QED) is 0.0449. The Morgan fingerprint density at radius 1 is 0.152 bits per heavy atom. The Morgan fingerprint density at radius 3 is 0.477 bits per heavy atom. The van der Waals surface area contributed by atoms with Crippen molar-refractivity contribution >= 4 is 86.2 Å². The number of hydrogen-bond donors (Lipinski definition) is 8. The molecule has 1 aliphatic rings. The fraction of sp³-hybridized carbons (Fsp3) is 0.103. The number of benzene rings is 20. The number of ether oxygens (including phenoxy) is 8. The van der Waals surface area contributed by atoms with Gasteiger partial charge in [-0.1, -0.05) is 218 Å². The molecule has 0 amide bonds. The van der Waals surface area contributed by atoms with Crippen molar-refractivity contribution in [2.75, 3.05) is 56.9 Å². The van der Waals surface area contributed by atoms with E-state index >= 15 is 0 Å². The molecule has 0 atom stereocenters. The summed E-state index contributed by atoms with van der Waals surface area (Å²) in [4.78, 5) is 0. The Hall–Kier alpha value is -16.7. The van der Waals surface area contributed by atoms with Crippen LogP contribution >= 0.6 is 0 Å². The molecular weight excluding hydrogens is 1650 g/mol. The molecular formula is C116H88O16. The fourth-order valence-electron chi connectivity index (χ4n) is 21.2. The molecule has 16 nitrogen and oxygen atoms in total. The second kappa shape index (κ2) is 32.9. The first kappa shape index (κ1) is 82.3. The average Bonchev–Trinajstić information content (AvgIpc) is 0.724. The van der Waals surface area contributed by atoms with E-state index in [4.69, 9.17) is 37.9 Å². The molecule has 20 aromatic rings. The Labute approximate surface area is 759 Å². The highest BCUT2D eigenvalue weighted by molar-refractivity contribution is 6.15. The molecule has 16 heteroatoms. The van der Waals surface area contributed by atoms with Crippen LogP contribution in [0.15, 0.2) is 315 Å². The van der Waals surface area contributed by atoms with E-state index in [0.717, 1.165) is 64.6 Å². The van der Waals surface area contributed by atoms with E-state index in [-0.39, 0.29) is 67.5 Å². The summed E-state index contributed by atoms with van der Waals surface area (Å²) in [5.74, 6) is -6.81. The lowest BCUT2D eigenvalue weighted by Crippen LogP contribution is -2.15. The molecule has 0 fully saturated rings. The standard InChI is InChI=1S/C116H88O16/c1-125-97-45-41-61-25-9-17-33-69(61)105(97)109-73-37-21-13-29-65(73)49-85(113(109)129-5)101-77-53-79(91(119)57-89(77)117)102(86-50-66-30-14-22-38-74(66)110(114(86)130-6)106-70-34-18-10-26-62(70)42-46-98(106)126-2)81-55-83(95(123)59-93(81)121)104(88-52-68-32-16-24-40-76(68)112(116(88)132-8)108-72-36-20-12-28-64(72)44-48-100(108)128-4)84-56-82(94(122)60-96(84)124)103(80-54-78(101)90(118)58-92(80)120)87-51-67-31-15-23-39-75(67)111(115(87)131-7)107-71-35-19-11-27-63(71)43-47-99(107)127-3/h9-60,101-104,117-124H,1-8H3. The zero-order valence-corrected chi connectivity index (χ0v) is 73.2. The molecule has 132 heavy (non-hydrogen) atoms. The van der Waals surface area contributed by atoms with E-state index in [1.54, 1.807) is 81.1 Å². The zero-order chi connectivity index (χ0) is 90.8. The van der Waals surface area contributed by atoms with Crippen LogP contribution in [0.2, 0.25) is 0 Å². The predicted octanol–water partition coefficient (Wildman–Crippen LogP) is 26.3. The van der Waals surface area contributed by atoms with Crippen LogP contribution in [0.4, 0.5) is 0 Å². The van der Waals surface area contributed by atoms with Crippen molar-refractivity contribution in [3.8, 4) is 136 Å². The first-order valence-electron chi connectivity index (χ1n) is 43.3. The van der Waals surface area contributed by atoms with Crippen LogP contribution in [0.1, 0.15) is 90.4 Å². The molecule has 0 radical (unpaired) electrons. The van der Waals surface area contributed by atoms with Crippen LogP contribution in [0.3, 0.4) is 0 Å². The van der Waals surface area contributed by atoms with E-state index in [1.165, 1.54) is 24.3 Å². The maximum Gasteiger partial charge on any atom is 0.131 e. The van der Waals surface area contributed by atoms with Gasteiger partial charge in [-0.2, -0.15) is 0 Å². The monoisotopic (exact) mass is 1740 g/mol. The lowest BCUT2D eigenvalue weighted by Gasteiger charge is -2.32. The van der Waals surface area contributed by atoms with E-state index in [9.17, 15) is 40.9 Å². The van der Waals surface area contributed by atoms with Crippen LogP contribution in [-0.2, 0) is 0 Å². The fourth-order valence-corrected chi connectivity index (χ4v) is 21.2. The summed E-state index contributed by atoms with van der Waals surface area (Å²) >= 11 is 0. The maximum absolute atomic E-state index is 13.9. The molecule has 0 unspecified atom stereocenters. The van der Waals surface area contributed by atoms with Crippen LogP contribution in [0.25, 0.3) is 131 Å². The van der Waals surface area contributed by atoms with Gasteiger partial charge in [-0.15, -0.1) is 0 Å². The summed E-state index contributed by atoms with van der Waals surface area (Å²) in [6, 6.07) is 97.9. The summed E-state index contributed by atoms with van der Waals surface area (Å²) in [5.41, 5.74) is 6.57. The van der Waals surface area contributed by atoms with E-state index in [1.807, 2.05) is 267 Å². The molecule has 0 saturated heterocycles. The highest BCUT2D eigenvalue weighted by Gasteiger charge is 2.42. The normalized spacial score (nSPS) is 14.3. The second-order valence-corrected chi connectivity index (χ2v) is 33.4. The lowest BCUT2D eigenvalue weighted by atomic mass is 9.73. The molecule has 0 aromatic heterocycles. The molecule has 20 aromatic carbocycles. The molecule has 0 spiro atoms. The van der Waals surface area contributed by atoms with Gasteiger partial charge in [0.25, 0.3) is 0 Å². The molecule has 21 rings (SSSR count). The topological polar surface area (TPSA) is 236 Å². The number of phenols is 8. The molecule has 0 heterocycles. The van der Waals surface area contributed by atoms with Gasteiger partial charge < -0.3 is 78.7 Å². The first-order chi connectivity index (χ1) is 64.5. The third-order valence-electron chi connectivity index (χ3n) is 26.8. The average molecular weight is 1740 g/mol. The van der Waals surface area contributed by atoms with Gasteiger partial charge in [0, 0.05) is 159 Å². The predicted molar refractivity (Wildman–Crippen MR) is 523 cm³/mol. The van der Waals surface area contributed by atoms with Gasteiger partial charge in [0.05, 0.1) is 56.9 Å². The summed E-state index contributed by atoms with van der Waals surface area (Å²) < 4.78 is 53.9. The lowest BCUT2D eigenvalue weighted by molar-refractivity contribution is 0.404. The minimum atomic E-state index is -1.48. The van der Waals surface area contributed by atoms with Gasteiger partial charge in [-0.25, -0.2) is 0 Å². The largest absolute Gasteiger partial charge is 0.507 e. The van der Waals surface area contributed by atoms with Gasteiger partial charge in [0.2, 0.25) is 0 Å². The van der Waals surface area contributed by atoms with Crippen LogP contribution in [-0.4, -0.2) is 97.7 Å². The van der Waals surface area contributed by atoms with E-state index in [0.29, 0.717) is 111 Å². The van der Waals surface area contributed by atoms with Crippen molar-refractivity contribution in [2.24, 2.45) is 0 Å². The summed E-state index contributed by atoms with van der Waals surface area (Å²) in [6.07, 6.45) is 0. The van der Waals surface area contributed by atoms with Gasteiger partial charge in [-0.05, 0) is 159 Å². The molecule has 8 bridgehead atoms. The number of aromatic hydroxyl groups is 8. The Balaban J connectivity index is 0.978. The highest BCUT2D eigenvalue weighted by Crippen LogP contribution is 2.63. The van der Waals surface area contributed by atoms with Crippen molar-refractivity contribution in [3.63, 3.8) is 0 Å². The minimum Gasteiger partial charge on any atom is -0.507 e. The van der Waals surface area contributed by atoms with Crippen LogP contribution < -0.4 is 37.9 Å². The summed E-state index contributed by atoms with van der Waals surface area (Å²) in [6.45, 7) is 0. The van der Waals surface area contributed by atoms with Gasteiger partial charge in [0.1, 0.15) is 92.0 Å². The van der Waals surface area contributed by atoms with Crippen LogP contribution in [0.5, 0.6) is 92.0 Å². The highest BCUT2D eigenvalue weighted by atomic mass is 16.5. The smallest absolute Gasteiger partial charge is 0.131 e. The minimum absolute atomic E-state index is 0.0422. The number of phenolic OH excluding ortho intramolecular Hbond substituents is 8. The van der Waals surface area contributed by atoms with Crippen molar-refractivity contribution < 1.29 is 78.7 Å². The first-order valence-corrected chi connectivity index (χ1v) is 43.3. The Kier molecular flexibility index (Phi) is 20.5. The van der Waals surface area contributed by atoms with Crippen molar-refractivity contribution in [1.82, 2.24) is 0 Å². The van der Waals surface area contributed by atoms with Crippen molar-refractivity contribution in [2.45, 2.75) is 23.7 Å². The number of fused-ring (bicyclic) bond motifs is 16. The van der Waals surface area contributed by atoms with Crippen molar-refractivity contribution in [1.29, 1.82) is 0 Å². The SMILES string of the molecule is COc1ccc2ccccc2c1-c1c(OC)c(C2c3cc(c(O)cc3O)C(c3cc4ccccc4c(-c4c(OC)ccc5ccccc45)c3OC)c3cc(c(O)cc3O)C(c3cc4ccccc4c(-c4c(OC)ccc5ccccc45)c3OC)c3cc(c(O)cc3O)C(c3cc4ccccc4c(-c4c(OC)ccc5ccccc45)c3OC)c3cc2c(O)cc3O)cc2ccccc12. The van der Waals surface area contributed by atoms with Crippen molar-refractivity contribution in [3.05, 3.63) is 382 Å². The third kappa shape index (κ3) is 13.0. The molecule has 1 aliphatic carbocycles. The molecule has 0 saturated carbocycles.